The topological polar surface area (TPSA) is 80.1 Å². The van der Waals surface area contributed by atoms with Crippen LogP contribution in [0.15, 0.2) is 66.0 Å². The summed E-state index contributed by atoms with van der Waals surface area (Å²) in [4.78, 5) is 31.3. The molecule has 7 nitrogen and oxygen atoms in total. The predicted octanol–water partition coefficient (Wildman–Crippen LogP) is 4.75. The molecule has 4 rings (SSSR count). The standard InChI is InChI=1S/C23H20ClN5O2S/c1-15-20(21(24)29(27-15)18-11-7-4-8-12-18)22(31)28(2)23-26-17(14-32-23)13-19(30)25-16-9-5-3-6-10-16/h3-12,14H,13H2,1-2H3,(H,25,30). The monoisotopic (exact) mass is 465 g/mol. The highest BCUT2D eigenvalue weighted by Crippen LogP contribution is 2.28. The Morgan fingerprint density at radius 3 is 2.44 bits per heavy atom. The van der Waals surface area contributed by atoms with Gasteiger partial charge < -0.3 is 5.32 Å². The molecule has 0 spiro atoms. The second-order valence-corrected chi connectivity index (χ2v) is 8.27. The van der Waals surface area contributed by atoms with E-state index in [-0.39, 0.29) is 23.4 Å². The lowest BCUT2D eigenvalue weighted by molar-refractivity contribution is -0.115. The molecule has 4 aromatic rings. The van der Waals surface area contributed by atoms with Crippen molar-refractivity contribution in [2.75, 3.05) is 17.3 Å². The van der Waals surface area contributed by atoms with E-state index in [1.807, 2.05) is 60.7 Å². The Kier molecular flexibility index (Phi) is 6.34. The van der Waals surface area contributed by atoms with Crippen molar-refractivity contribution in [1.29, 1.82) is 0 Å². The Hall–Kier alpha value is -3.49. The molecule has 0 aliphatic rings. The Morgan fingerprint density at radius 1 is 1.09 bits per heavy atom. The maximum absolute atomic E-state index is 13.2. The molecule has 0 aliphatic heterocycles. The molecular formula is C23H20ClN5O2S. The SMILES string of the molecule is Cc1nn(-c2ccccc2)c(Cl)c1C(=O)N(C)c1nc(CC(=O)Nc2ccccc2)cs1. The molecule has 0 aliphatic carbocycles. The van der Waals surface area contributed by atoms with E-state index >= 15 is 0 Å². The summed E-state index contributed by atoms with van der Waals surface area (Å²) in [6, 6.07) is 18.6. The van der Waals surface area contributed by atoms with Gasteiger partial charge in [0, 0.05) is 18.1 Å². The van der Waals surface area contributed by atoms with Crippen LogP contribution in [-0.2, 0) is 11.2 Å². The second-order valence-electron chi connectivity index (χ2n) is 7.08. The van der Waals surface area contributed by atoms with Crippen molar-refractivity contribution in [1.82, 2.24) is 14.8 Å². The summed E-state index contributed by atoms with van der Waals surface area (Å²) in [6.07, 6.45) is 0.110. The zero-order valence-electron chi connectivity index (χ0n) is 17.4. The molecule has 0 atom stereocenters. The first-order chi connectivity index (χ1) is 15.4. The zero-order chi connectivity index (χ0) is 22.7. The third-order valence-electron chi connectivity index (χ3n) is 4.75. The Morgan fingerprint density at radius 2 is 1.75 bits per heavy atom. The number of benzene rings is 2. The van der Waals surface area contributed by atoms with Crippen molar-refractivity contribution < 1.29 is 9.59 Å². The van der Waals surface area contributed by atoms with Gasteiger partial charge >= 0.3 is 0 Å². The van der Waals surface area contributed by atoms with Crippen LogP contribution in [0.1, 0.15) is 21.7 Å². The van der Waals surface area contributed by atoms with Gasteiger partial charge in [-0.05, 0) is 31.2 Å². The molecule has 0 saturated carbocycles. The van der Waals surface area contributed by atoms with Gasteiger partial charge in [-0.25, -0.2) is 9.67 Å². The number of nitrogens with zero attached hydrogens (tertiary/aromatic N) is 4. The van der Waals surface area contributed by atoms with Crippen LogP contribution in [0.3, 0.4) is 0 Å². The van der Waals surface area contributed by atoms with Gasteiger partial charge in [0.2, 0.25) is 5.91 Å². The van der Waals surface area contributed by atoms with E-state index in [4.69, 9.17) is 11.6 Å². The maximum atomic E-state index is 13.2. The van der Waals surface area contributed by atoms with Crippen molar-refractivity contribution in [2.24, 2.45) is 0 Å². The summed E-state index contributed by atoms with van der Waals surface area (Å²) in [5, 5.41) is 9.74. The van der Waals surface area contributed by atoms with E-state index in [2.05, 4.69) is 15.4 Å². The zero-order valence-corrected chi connectivity index (χ0v) is 19.0. The number of aryl methyl sites for hydroxylation is 1. The van der Waals surface area contributed by atoms with Gasteiger partial charge in [-0.3, -0.25) is 14.5 Å². The van der Waals surface area contributed by atoms with Crippen LogP contribution in [-0.4, -0.2) is 33.6 Å². The normalized spacial score (nSPS) is 10.7. The van der Waals surface area contributed by atoms with Crippen molar-refractivity contribution in [3.05, 3.63) is 88.1 Å². The molecule has 1 N–H and O–H groups in total. The molecule has 32 heavy (non-hydrogen) atoms. The first-order valence-corrected chi connectivity index (χ1v) is 11.1. The van der Waals surface area contributed by atoms with Gasteiger partial charge in [-0.1, -0.05) is 48.0 Å². The quantitative estimate of drug-likeness (QED) is 0.445. The second kappa shape index (κ2) is 9.33. The number of thiazole rings is 1. The highest BCUT2D eigenvalue weighted by atomic mass is 35.5. The van der Waals surface area contributed by atoms with Crippen LogP contribution < -0.4 is 10.2 Å². The molecule has 0 unspecified atom stereocenters. The molecule has 2 aromatic heterocycles. The predicted molar refractivity (Wildman–Crippen MR) is 127 cm³/mol. The largest absolute Gasteiger partial charge is 0.326 e. The van der Waals surface area contributed by atoms with E-state index in [9.17, 15) is 9.59 Å². The summed E-state index contributed by atoms with van der Waals surface area (Å²) in [5.74, 6) is -0.491. The van der Waals surface area contributed by atoms with Crippen molar-refractivity contribution in [3.8, 4) is 5.69 Å². The molecule has 162 valence electrons. The van der Waals surface area contributed by atoms with Crippen molar-refractivity contribution in [2.45, 2.75) is 13.3 Å². The Labute approximate surface area is 194 Å². The molecule has 2 heterocycles. The summed E-state index contributed by atoms with van der Waals surface area (Å²) in [5.41, 5.74) is 2.91. The summed E-state index contributed by atoms with van der Waals surface area (Å²) in [7, 11) is 1.63. The van der Waals surface area contributed by atoms with Crippen LogP contribution in [0, 0.1) is 6.92 Å². The number of carbonyl (C=O) groups excluding carboxylic acids is 2. The minimum Gasteiger partial charge on any atom is -0.326 e. The van der Waals surface area contributed by atoms with Crippen LogP contribution >= 0.6 is 22.9 Å². The lowest BCUT2D eigenvalue weighted by Gasteiger charge is -2.13. The van der Waals surface area contributed by atoms with Gasteiger partial charge in [0.05, 0.1) is 23.5 Å². The summed E-state index contributed by atoms with van der Waals surface area (Å²) in [6.45, 7) is 1.74. The fourth-order valence-electron chi connectivity index (χ4n) is 3.16. The number of nitrogens with one attached hydrogen (secondary N) is 1. The number of para-hydroxylation sites is 2. The van der Waals surface area contributed by atoms with E-state index < -0.39 is 0 Å². The average molecular weight is 466 g/mol. The minimum absolute atomic E-state index is 0.110. The fraction of sp³-hybridized carbons (Fsp3) is 0.130. The number of hydrogen-bond acceptors (Lipinski definition) is 5. The average Bonchev–Trinajstić information content (AvgIpc) is 3.37. The van der Waals surface area contributed by atoms with Crippen molar-refractivity contribution >= 4 is 45.6 Å². The van der Waals surface area contributed by atoms with Crippen LogP contribution in [0.4, 0.5) is 10.8 Å². The minimum atomic E-state index is -0.315. The number of carbonyl (C=O) groups is 2. The van der Waals surface area contributed by atoms with Gasteiger partial charge in [-0.2, -0.15) is 5.10 Å². The Balaban J connectivity index is 1.49. The first kappa shape index (κ1) is 21.7. The number of amides is 2. The molecule has 2 amide bonds. The molecule has 0 saturated heterocycles. The lowest BCUT2D eigenvalue weighted by Crippen LogP contribution is -2.27. The third kappa shape index (κ3) is 4.56. The van der Waals surface area contributed by atoms with E-state index in [0.717, 1.165) is 11.4 Å². The number of hydrogen-bond donors (Lipinski definition) is 1. The molecule has 0 fully saturated rings. The highest BCUT2D eigenvalue weighted by molar-refractivity contribution is 7.14. The van der Waals surface area contributed by atoms with Gasteiger partial charge in [0.15, 0.2) is 5.13 Å². The van der Waals surface area contributed by atoms with E-state index in [1.54, 1.807) is 24.0 Å². The third-order valence-corrected chi connectivity index (χ3v) is 6.06. The molecule has 2 aromatic carbocycles. The molecule has 9 heteroatoms. The van der Waals surface area contributed by atoms with Crippen LogP contribution in [0.5, 0.6) is 0 Å². The Bertz CT molecular complexity index is 1250. The molecular weight excluding hydrogens is 446 g/mol. The highest BCUT2D eigenvalue weighted by Gasteiger charge is 2.26. The fourth-order valence-corrected chi connectivity index (χ4v) is 4.30. The maximum Gasteiger partial charge on any atom is 0.264 e. The van der Waals surface area contributed by atoms with E-state index in [0.29, 0.717) is 22.1 Å². The van der Waals surface area contributed by atoms with Crippen LogP contribution in [0.2, 0.25) is 5.15 Å². The van der Waals surface area contributed by atoms with Gasteiger partial charge in [-0.15, -0.1) is 11.3 Å². The number of rotatable bonds is 6. The first-order valence-electron chi connectivity index (χ1n) is 9.82. The lowest BCUT2D eigenvalue weighted by atomic mass is 10.2. The molecule has 0 bridgehead atoms. The number of anilines is 2. The smallest absolute Gasteiger partial charge is 0.264 e. The molecule has 0 radical (unpaired) electrons. The van der Waals surface area contributed by atoms with Crippen LogP contribution in [0.25, 0.3) is 5.69 Å². The number of halogens is 1. The van der Waals surface area contributed by atoms with Crippen molar-refractivity contribution in [3.63, 3.8) is 0 Å². The van der Waals surface area contributed by atoms with E-state index in [1.165, 1.54) is 16.2 Å². The van der Waals surface area contributed by atoms with Gasteiger partial charge in [0.25, 0.3) is 5.91 Å². The number of aromatic nitrogens is 3. The summed E-state index contributed by atoms with van der Waals surface area (Å²) >= 11 is 7.81. The van der Waals surface area contributed by atoms with Gasteiger partial charge in [0.1, 0.15) is 10.7 Å². The summed E-state index contributed by atoms with van der Waals surface area (Å²) < 4.78 is 1.54.